The van der Waals surface area contributed by atoms with Crippen LogP contribution in [0.5, 0.6) is 0 Å². The molecular formula is C67H70Cl4N20O8. The fourth-order valence-electron chi connectivity index (χ4n) is 14.5. The Morgan fingerprint density at radius 1 is 0.455 bits per heavy atom. The van der Waals surface area contributed by atoms with Gasteiger partial charge in [0.2, 0.25) is 0 Å². The van der Waals surface area contributed by atoms with E-state index >= 15 is 0 Å². The molecule has 0 saturated carbocycles. The second-order valence-corrected chi connectivity index (χ2v) is 27.3. The highest BCUT2D eigenvalue weighted by Crippen LogP contribution is 2.41. The van der Waals surface area contributed by atoms with Gasteiger partial charge in [-0.2, -0.15) is 25.5 Å². The van der Waals surface area contributed by atoms with Gasteiger partial charge in [0.25, 0.3) is 17.7 Å². The third kappa shape index (κ3) is 13.0. The number of benzene rings is 5. The van der Waals surface area contributed by atoms with Crippen LogP contribution in [0.4, 0.5) is 37.1 Å². The number of β-amino-alcohol motifs (C(OH)–C–C–N with tert-alkyl or cyclic N) is 1. The molecule has 5 aromatic heterocycles. The van der Waals surface area contributed by atoms with E-state index in [0.717, 1.165) is 101 Å². The predicted octanol–water partition coefficient (Wildman–Crippen LogP) is 8.66. The van der Waals surface area contributed by atoms with Crippen LogP contribution in [-0.2, 0) is 38.6 Å². The molecule has 9 amide bonds. The van der Waals surface area contributed by atoms with E-state index in [0.29, 0.717) is 106 Å². The summed E-state index contributed by atoms with van der Waals surface area (Å²) in [6.45, 7) is 6.30. The molecule has 12 heterocycles. The number of halogens is 4. The van der Waals surface area contributed by atoms with Crippen LogP contribution in [0.25, 0.3) is 43.6 Å². The highest BCUT2D eigenvalue weighted by Gasteiger charge is 2.55. The number of aliphatic hydroxyl groups is 1. The first-order valence-corrected chi connectivity index (χ1v) is 34.0. The molecule has 0 atom stereocenters. The lowest BCUT2D eigenvalue weighted by Gasteiger charge is -2.38. The third-order valence-corrected chi connectivity index (χ3v) is 20.7. The minimum atomic E-state index is -0.864. The van der Waals surface area contributed by atoms with Gasteiger partial charge in [-0.1, -0.05) is 76.7 Å². The lowest BCUT2D eigenvalue weighted by Crippen LogP contribution is -2.55. The third-order valence-electron chi connectivity index (χ3n) is 19.8. The summed E-state index contributed by atoms with van der Waals surface area (Å²) < 4.78 is 4.99. The van der Waals surface area contributed by atoms with Crippen molar-refractivity contribution in [3.8, 4) is 0 Å². The smallest absolute Gasteiger partial charge is 0.325 e. The maximum atomic E-state index is 13.2. The number of carbonyl (C=O) groups is 6. The minimum absolute atomic E-state index is 0.0278. The van der Waals surface area contributed by atoms with Crippen LogP contribution in [0.15, 0.2) is 110 Å². The number of hydrogen-bond donors (Lipinski definition) is 9. The first kappa shape index (κ1) is 66.5. The highest BCUT2D eigenvalue weighted by atomic mass is 35.5. The van der Waals surface area contributed by atoms with Crippen molar-refractivity contribution in [2.45, 2.75) is 74.7 Å². The zero-order valence-corrected chi connectivity index (χ0v) is 56.7. The van der Waals surface area contributed by atoms with Gasteiger partial charge in [-0.15, -0.1) is 0 Å². The van der Waals surface area contributed by atoms with Crippen molar-refractivity contribution in [1.82, 2.24) is 81.6 Å². The van der Waals surface area contributed by atoms with Crippen LogP contribution in [0.2, 0.25) is 20.1 Å². The number of aromatic nitrogens is 10. The van der Waals surface area contributed by atoms with Gasteiger partial charge in [0.05, 0.1) is 85.9 Å². The number of aromatic amines is 5. The molecule has 7 aliphatic rings. The number of piperidine rings is 3. The number of aliphatic hydroxyl groups excluding tert-OH is 1. The van der Waals surface area contributed by atoms with Crippen LogP contribution < -0.4 is 35.6 Å². The maximum Gasteiger partial charge on any atom is 0.325 e. The quantitative estimate of drug-likeness (QED) is 0.0547. The molecule has 5 aromatic carbocycles. The lowest BCUT2D eigenvalue weighted by atomic mass is 9.87. The van der Waals surface area contributed by atoms with Gasteiger partial charge >= 0.3 is 18.1 Å². The van der Waals surface area contributed by atoms with E-state index < -0.39 is 22.6 Å². The molecule has 9 N–H and O–H groups in total. The first-order valence-electron chi connectivity index (χ1n) is 32.5. The Kier molecular flexibility index (Phi) is 18.5. The van der Waals surface area contributed by atoms with Crippen LogP contribution in [0, 0.1) is 0 Å². The Hall–Kier alpha value is -9.71. The summed E-state index contributed by atoms with van der Waals surface area (Å²) >= 11 is 24.9. The van der Waals surface area contributed by atoms with Gasteiger partial charge in [-0.05, 0) is 92.6 Å². The molecule has 17 rings (SSSR count). The molecule has 6 saturated heterocycles. The summed E-state index contributed by atoms with van der Waals surface area (Å²) in [7, 11) is 1.55. The van der Waals surface area contributed by atoms with Gasteiger partial charge in [0.15, 0.2) is 0 Å². The van der Waals surface area contributed by atoms with E-state index in [1.165, 1.54) is 21.1 Å². The number of nitrogens with zero attached hydrogens (tertiary/aromatic N) is 12. The molecule has 10 aromatic rings. The van der Waals surface area contributed by atoms with Gasteiger partial charge in [-0.3, -0.25) is 54.6 Å². The number of imide groups is 3. The fourth-order valence-corrected chi connectivity index (χ4v) is 15.3. The molecule has 0 bridgehead atoms. The number of ether oxygens (including phenoxy) is 1. The zero-order valence-electron chi connectivity index (χ0n) is 53.7. The van der Waals surface area contributed by atoms with Gasteiger partial charge in [-0.25, -0.2) is 14.4 Å². The summed E-state index contributed by atoms with van der Waals surface area (Å²) in [6, 6.07) is 23.7. The van der Waals surface area contributed by atoms with Gasteiger partial charge in [0, 0.05) is 142 Å². The van der Waals surface area contributed by atoms with E-state index in [-0.39, 0.29) is 49.5 Å². The Bertz CT molecular complexity index is 4700. The molecule has 99 heavy (non-hydrogen) atoms. The van der Waals surface area contributed by atoms with E-state index in [4.69, 9.17) is 56.2 Å². The Morgan fingerprint density at radius 3 is 1.21 bits per heavy atom. The van der Waals surface area contributed by atoms with Gasteiger partial charge in [0.1, 0.15) is 16.6 Å². The molecule has 28 nitrogen and oxygen atoms in total. The summed E-state index contributed by atoms with van der Waals surface area (Å²) in [5.74, 6) is -0.532. The Balaban J connectivity index is 0.000000114. The van der Waals surface area contributed by atoms with Crippen molar-refractivity contribution in [1.29, 1.82) is 0 Å². The maximum absolute atomic E-state index is 13.2. The van der Waals surface area contributed by atoms with Crippen LogP contribution >= 0.6 is 46.4 Å². The van der Waals surface area contributed by atoms with E-state index in [2.05, 4.69) is 86.5 Å². The average Bonchev–Trinajstić information content (AvgIpc) is 1.65. The average molecular weight is 1430 g/mol. The van der Waals surface area contributed by atoms with E-state index in [1.807, 2.05) is 91.3 Å². The fraction of sp³-hybridized carbons (Fsp3) is 0.358. The number of methoxy groups -OCH3 is 1. The van der Waals surface area contributed by atoms with Crippen LogP contribution in [-0.4, -0.2) is 202 Å². The summed E-state index contributed by atoms with van der Waals surface area (Å²) in [6.07, 6.45) is 13.3. The molecule has 0 radical (unpaired) electrons. The Morgan fingerprint density at radius 2 is 0.818 bits per heavy atom. The standard InChI is InChI=1S/C21H20ClN5O2.C17H20ClN5O3.C16H18ClN5O3.C13H12ClN5/c22-15-10-17-16(12-23-25-17)18(11-15)26-8-6-21(7-9-26)19(28)27(20(29)24-21)13-14-4-2-1-3-5-14;1-26-7-6-23-15(24)17(20-16(23)25)2-4-22(5-3-17)14-9-11(18)8-13-12(14)10-19-21-13;17-10-7-12-11(9-18-20-12)13(8-10)21-3-1-16(2-4-21)14(24)22(5-6-23)15(25)19-16;14-9-3-12-10(6-16-18-12)13(4-9)19-2-1-11-8(7-19)5-15-17-11/h1-5,10-12H,6-9,13H2,(H,23,25)(H,24,29);8-10H,2-7H2,1H3,(H,19,21)(H,20,25);7-9,23H,1-6H2,(H,18,20)(H,19,25);3-6H,1-2,7H2,(H,15,17)(H,16,18). The van der Waals surface area contributed by atoms with Crippen LogP contribution in [0.3, 0.4) is 0 Å². The second kappa shape index (κ2) is 27.5. The second-order valence-electron chi connectivity index (χ2n) is 25.6. The minimum Gasteiger partial charge on any atom is -0.395 e. The zero-order chi connectivity index (χ0) is 68.7. The topological polar surface area (TPSA) is 334 Å². The van der Waals surface area contributed by atoms with Crippen molar-refractivity contribution >= 4 is 149 Å². The van der Waals surface area contributed by atoms with Crippen molar-refractivity contribution in [3.63, 3.8) is 0 Å². The van der Waals surface area contributed by atoms with Gasteiger partial charge < -0.3 is 45.4 Å². The summed E-state index contributed by atoms with van der Waals surface area (Å²) in [5.41, 5.74) is 8.61. The molecule has 514 valence electrons. The van der Waals surface area contributed by atoms with Crippen molar-refractivity contribution in [3.05, 3.63) is 147 Å². The number of carbonyl (C=O) groups excluding carboxylic acids is 6. The number of amides is 9. The largest absolute Gasteiger partial charge is 0.395 e. The van der Waals surface area contributed by atoms with Crippen molar-refractivity contribution in [2.75, 3.05) is 98.8 Å². The molecule has 32 heteroatoms. The molecule has 0 unspecified atom stereocenters. The van der Waals surface area contributed by atoms with Crippen molar-refractivity contribution in [2.24, 2.45) is 0 Å². The molecular weight excluding hydrogens is 1350 g/mol. The summed E-state index contributed by atoms with van der Waals surface area (Å²) in [4.78, 5) is 87.9. The van der Waals surface area contributed by atoms with Crippen molar-refractivity contribution < 1.29 is 38.6 Å². The number of nitrogens with one attached hydrogen (secondary N) is 8. The van der Waals surface area contributed by atoms with E-state index in [9.17, 15) is 28.8 Å². The number of urea groups is 3. The number of rotatable bonds is 11. The molecule has 0 aliphatic carbocycles. The monoisotopic (exact) mass is 1420 g/mol. The molecule has 3 spiro atoms. The number of fused-ring (bicyclic) bond motifs is 5. The SMILES string of the molecule is COCCN1C(=O)NC2(CCN(c3cc(Cl)cc4[nH]ncc34)CC2)C1=O.Clc1cc(N2CCc3[nH]ncc3C2)c2cn[nH]c2c1.O=C1NC2(CCN(c3cc(Cl)cc4[nH]ncc34)CC2)C(=O)N1CCO.O=C1NC2(CCN(c3cc(Cl)cc4[nH]ncc34)CC2)C(=O)N1Cc1ccccc1. The molecule has 7 aliphatic heterocycles. The highest BCUT2D eigenvalue weighted by molar-refractivity contribution is 6.33. The molecule has 6 fully saturated rings. The van der Waals surface area contributed by atoms with E-state index in [1.54, 1.807) is 25.7 Å². The first-order chi connectivity index (χ1) is 47.9. The normalized spacial score (nSPS) is 18.5. The number of H-pyrrole nitrogens is 5. The lowest BCUT2D eigenvalue weighted by molar-refractivity contribution is -0.133. The number of anilines is 4. The predicted molar refractivity (Wildman–Crippen MR) is 375 cm³/mol. The summed E-state index contributed by atoms with van der Waals surface area (Å²) in [5, 5.41) is 59.7. The van der Waals surface area contributed by atoms with Crippen LogP contribution in [0.1, 0.15) is 55.3 Å². The number of hydrogen-bond acceptors (Lipinski definition) is 17. The Labute approximate surface area is 585 Å².